The fourth-order valence-electron chi connectivity index (χ4n) is 1.37. The maximum atomic E-state index is 8.66. The Morgan fingerprint density at radius 3 is 2.71 bits per heavy atom. The smallest absolute Gasteiger partial charge is 0.110 e. The Kier molecular flexibility index (Phi) is 4.64. The van der Waals surface area contributed by atoms with Gasteiger partial charge in [-0.15, -0.1) is 11.3 Å². The van der Waals surface area contributed by atoms with Gasteiger partial charge in [-0.25, -0.2) is 0 Å². The SMILES string of the molecule is CCC(CC)NCc1csc(C#N)c1. The van der Waals surface area contributed by atoms with Crippen molar-refractivity contribution >= 4 is 11.3 Å². The van der Waals surface area contributed by atoms with Gasteiger partial charge < -0.3 is 5.32 Å². The zero-order valence-electron chi connectivity index (χ0n) is 8.71. The van der Waals surface area contributed by atoms with Crippen molar-refractivity contribution in [3.63, 3.8) is 0 Å². The molecule has 1 aromatic rings. The second-order valence-electron chi connectivity index (χ2n) is 3.33. The summed E-state index contributed by atoms with van der Waals surface area (Å²) in [5.41, 5.74) is 1.22. The van der Waals surface area contributed by atoms with Crippen LogP contribution in [0.1, 0.15) is 37.1 Å². The molecule has 0 aliphatic rings. The van der Waals surface area contributed by atoms with Crippen LogP contribution in [0.2, 0.25) is 0 Å². The number of hydrogen-bond donors (Lipinski definition) is 1. The molecule has 0 bridgehead atoms. The maximum Gasteiger partial charge on any atom is 0.110 e. The normalized spacial score (nSPS) is 10.4. The molecule has 1 aromatic heterocycles. The Bertz CT molecular complexity index is 307. The molecule has 2 nitrogen and oxygen atoms in total. The highest BCUT2D eigenvalue weighted by atomic mass is 32.1. The van der Waals surface area contributed by atoms with Crippen molar-refractivity contribution in [1.29, 1.82) is 5.26 Å². The van der Waals surface area contributed by atoms with Gasteiger partial charge in [0.15, 0.2) is 0 Å². The monoisotopic (exact) mass is 208 g/mol. The highest BCUT2D eigenvalue weighted by Crippen LogP contribution is 2.13. The van der Waals surface area contributed by atoms with Crippen LogP contribution in [0.25, 0.3) is 0 Å². The third-order valence-corrected chi connectivity index (χ3v) is 3.23. The maximum absolute atomic E-state index is 8.66. The molecule has 0 saturated carbocycles. The number of nitriles is 1. The number of nitrogens with zero attached hydrogens (tertiary/aromatic N) is 1. The van der Waals surface area contributed by atoms with Crippen LogP contribution in [0.3, 0.4) is 0 Å². The molecule has 0 atom stereocenters. The van der Waals surface area contributed by atoms with Crippen molar-refractivity contribution in [1.82, 2.24) is 5.32 Å². The number of nitrogens with one attached hydrogen (secondary N) is 1. The number of hydrogen-bond acceptors (Lipinski definition) is 3. The molecule has 0 radical (unpaired) electrons. The van der Waals surface area contributed by atoms with E-state index in [4.69, 9.17) is 5.26 Å². The summed E-state index contributed by atoms with van der Waals surface area (Å²) in [6.07, 6.45) is 2.32. The van der Waals surface area contributed by atoms with Crippen LogP contribution in [-0.4, -0.2) is 6.04 Å². The van der Waals surface area contributed by atoms with Crippen molar-refractivity contribution in [2.45, 2.75) is 39.3 Å². The summed E-state index contributed by atoms with van der Waals surface area (Å²) >= 11 is 1.52. The minimum absolute atomic E-state index is 0.598. The fourth-order valence-corrected chi connectivity index (χ4v) is 2.07. The van der Waals surface area contributed by atoms with Crippen LogP contribution in [0.4, 0.5) is 0 Å². The molecule has 1 heterocycles. The molecule has 14 heavy (non-hydrogen) atoms. The summed E-state index contributed by atoms with van der Waals surface area (Å²) < 4.78 is 0. The Hall–Kier alpha value is -0.850. The summed E-state index contributed by atoms with van der Waals surface area (Å²) in [4.78, 5) is 0.798. The van der Waals surface area contributed by atoms with Crippen LogP contribution in [0.5, 0.6) is 0 Å². The van der Waals surface area contributed by atoms with Crippen molar-refractivity contribution in [2.75, 3.05) is 0 Å². The fraction of sp³-hybridized carbons (Fsp3) is 0.545. The first-order valence-electron chi connectivity index (χ1n) is 5.01. The van der Waals surface area contributed by atoms with Crippen LogP contribution >= 0.6 is 11.3 Å². The van der Waals surface area contributed by atoms with Gasteiger partial charge in [-0.3, -0.25) is 0 Å². The standard InChI is InChI=1S/C11H16N2S/c1-3-10(4-2)13-7-9-5-11(6-12)14-8-9/h5,8,10,13H,3-4,7H2,1-2H3. The summed E-state index contributed by atoms with van der Waals surface area (Å²) in [5, 5.41) is 14.2. The molecule has 0 fully saturated rings. The zero-order valence-corrected chi connectivity index (χ0v) is 9.53. The van der Waals surface area contributed by atoms with Crippen LogP contribution in [0.15, 0.2) is 11.4 Å². The van der Waals surface area contributed by atoms with Crippen LogP contribution < -0.4 is 5.32 Å². The molecule has 76 valence electrons. The van der Waals surface area contributed by atoms with E-state index in [1.165, 1.54) is 16.9 Å². The van der Waals surface area contributed by atoms with E-state index in [0.29, 0.717) is 6.04 Å². The summed E-state index contributed by atoms with van der Waals surface area (Å²) in [6.45, 7) is 5.26. The third kappa shape index (κ3) is 3.13. The molecule has 0 aliphatic carbocycles. The Morgan fingerprint density at radius 1 is 1.50 bits per heavy atom. The molecular weight excluding hydrogens is 192 g/mol. The van der Waals surface area contributed by atoms with Gasteiger partial charge in [-0.2, -0.15) is 5.26 Å². The van der Waals surface area contributed by atoms with E-state index in [1.807, 2.05) is 11.4 Å². The van der Waals surface area contributed by atoms with Crippen LogP contribution in [0, 0.1) is 11.3 Å². The minimum atomic E-state index is 0.598. The summed E-state index contributed by atoms with van der Waals surface area (Å²) in [5.74, 6) is 0. The molecule has 0 amide bonds. The molecule has 0 aliphatic heterocycles. The minimum Gasteiger partial charge on any atom is -0.310 e. The molecule has 1 N–H and O–H groups in total. The second kappa shape index (κ2) is 5.79. The van der Waals surface area contributed by atoms with Crippen molar-refractivity contribution in [2.24, 2.45) is 0 Å². The van der Waals surface area contributed by atoms with Gasteiger partial charge in [0.25, 0.3) is 0 Å². The summed E-state index contributed by atoms with van der Waals surface area (Å²) in [7, 11) is 0. The number of rotatable bonds is 5. The van der Waals surface area contributed by atoms with Crippen molar-refractivity contribution in [3.05, 3.63) is 21.9 Å². The predicted octanol–water partition coefficient (Wildman–Crippen LogP) is 2.90. The average Bonchev–Trinajstić information content (AvgIpc) is 2.67. The Labute approximate surface area is 89.6 Å². The largest absolute Gasteiger partial charge is 0.310 e. The first-order valence-corrected chi connectivity index (χ1v) is 5.89. The Balaban J connectivity index is 2.41. The first-order chi connectivity index (χ1) is 6.80. The molecule has 0 saturated heterocycles. The van der Waals surface area contributed by atoms with E-state index in [-0.39, 0.29) is 0 Å². The number of thiophene rings is 1. The lowest BCUT2D eigenvalue weighted by Crippen LogP contribution is -2.26. The van der Waals surface area contributed by atoms with Gasteiger partial charge in [0.2, 0.25) is 0 Å². The molecule has 1 rings (SSSR count). The van der Waals surface area contributed by atoms with Gasteiger partial charge in [0.1, 0.15) is 10.9 Å². The van der Waals surface area contributed by atoms with E-state index in [9.17, 15) is 0 Å². The van der Waals surface area contributed by atoms with Crippen molar-refractivity contribution < 1.29 is 0 Å². The van der Waals surface area contributed by atoms with Gasteiger partial charge in [0, 0.05) is 12.6 Å². The van der Waals surface area contributed by atoms with Gasteiger partial charge >= 0.3 is 0 Å². The highest BCUT2D eigenvalue weighted by molar-refractivity contribution is 7.10. The van der Waals surface area contributed by atoms with E-state index in [0.717, 1.165) is 24.3 Å². The quantitative estimate of drug-likeness (QED) is 0.807. The van der Waals surface area contributed by atoms with Gasteiger partial charge in [-0.1, -0.05) is 13.8 Å². The third-order valence-electron chi connectivity index (χ3n) is 2.34. The Morgan fingerprint density at radius 2 is 2.21 bits per heavy atom. The van der Waals surface area contributed by atoms with Crippen LogP contribution in [-0.2, 0) is 6.54 Å². The topological polar surface area (TPSA) is 35.8 Å². The van der Waals surface area contributed by atoms with E-state index in [1.54, 1.807) is 0 Å². The average molecular weight is 208 g/mol. The molecule has 0 spiro atoms. The highest BCUT2D eigenvalue weighted by Gasteiger charge is 2.03. The lowest BCUT2D eigenvalue weighted by molar-refractivity contribution is 0.484. The first kappa shape index (κ1) is 11.2. The summed E-state index contributed by atoms with van der Waals surface area (Å²) in [6, 6.07) is 4.71. The molecule has 3 heteroatoms. The second-order valence-corrected chi connectivity index (χ2v) is 4.24. The molecular formula is C11H16N2S. The lowest BCUT2D eigenvalue weighted by atomic mass is 10.1. The predicted molar refractivity (Wildman–Crippen MR) is 60.2 cm³/mol. The van der Waals surface area contributed by atoms with E-state index >= 15 is 0 Å². The van der Waals surface area contributed by atoms with E-state index in [2.05, 4.69) is 25.2 Å². The molecule has 0 unspecified atom stereocenters. The molecule has 0 aromatic carbocycles. The zero-order chi connectivity index (χ0) is 10.4. The van der Waals surface area contributed by atoms with Gasteiger partial charge in [0.05, 0.1) is 0 Å². The van der Waals surface area contributed by atoms with Gasteiger partial charge in [-0.05, 0) is 29.9 Å². The van der Waals surface area contributed by atoms with E-state index < -0.39 is 0 Å². The lowest BCUT2D eigenvalue weighted by Gasteiger charge is -2.13. The van der Waals surface area contributed by atoms with Crippen molar-refractivity contribution in [3.8, 4) is 6.07 Å².